The summed E-state index contributed by atoms with van der Waals surface area (Å²) in [5.74, 6) is -1.34. The van der Waals surface area contributed by atoms with E-state index in [-0.39, 0.29) is 11.3 Å². The summed E-state index contributed by atoms with van der Waals surface area (Å²) in [7, 11) is 0. The van der Waals surface area contributed by atoms with Crippen molar-refractivity contribution in [2.75, 3.05) is 6.61 Å². The lowest BCUT2D eigenvalue weighted by Crippen LogP contribution is -2.64. The first-order valence-electron chi connectivity index (χ1n) is 7.24. The molecule has 1 amide bonds. The van der Waals surface area contributed by atoms with Gasteiger partial charge in [-0.2, -0.15) is 0 Å². The molecule has 5 N–H and O–H groups in total. The minimum Gasteiger partial charge on any atom is -0.426 e. The molecule has 132 valence electrons. The van der Waals surface area contributed by atoms with E-state index in [9.17, 15) is 24.9 Å². The molecule has 0 aromatic heterocycles. The van der Waals surface area contributed by atoms with E-state index in [2.05, 4.69) is 5.32 Å². The number of carbonyl (C=O) groups excluding carboxylic acids is 2. The molecule has 0 saturated carbocycles. The largest absolute Gasteiger partial charge is 0.426 e. The zero-order valence-corrected chi connectivity index (χ0v) is 12.8. The summed E-state index contributed by atoms with van der Waals surface area (Å²) in [6, 6.07) is 4.58. The van der Waals surface area contributed by atoms with Crippen LogP contribution in [-0.2, 0) is 9.53 Å². The second kappa shape index (κ2) is 7.69. The van der Waals surface area contributed by atoms with Crippen molar-refractivity contribution >= 4 is 11.9 Å². The van der Waals surface area contributed by atoms with Crippen LogP contribution in [0.4, 0.5) is 0 Å². The Morgan fingerprint density at radius 2 is 1.88 bits per heavy atom. The minimum atomic E-state index is -1.63. The highest BCUT2D eigenvalue weighted by Crippen LogP contribution is 2.22. The number of para-hydroxylation sites is 1. The first-order chi connectivity index (χ1) is 11.3. The molecule has 9 nitrogen and oxygen atoms in total. The molecule has 1 heterocycles. The van der Waals surface area contributed by atoms with Crippen molar-refractivity contribution in [2.24, 2.45) is 0 Å². The maximum Gasteiger partial charge on any atom is 0.308 e. The van der Waals surface area contributed by atoms with E-state index >= 15 is 0 Å². The quantitative estimate of drug-likeness (QED) is 0.317. The number of rotatable bonds is 4. The highest BCUT2D eigenvalue weighted by Gasteiger charge is 2.44. The number of amides is 1. The second-order valence-electron chi connectivity index (χ2n) is 5.32. The van der Waals surface area contributed by atoms with Gasteiger partial charge in [-0.3, -0.25) is 9.59 Å². The van der Waals surface area contributed by atoms with E-state index in [0.29, 0.717) is 0 Å². The molecular weight excluding hydrogens is 322 g/mol. The van der Waals surface area contributed by atoms with Gasteiger partial charge in [0.1, 0.15) is 30.1 Å². The molecule has 1 fully saturated rings. The molecule has 0 bridgehead atoms. The van der Waals surface area contributed by atoms with Crippen LogP contribution in [0.25, 0.3) is 0 Å². The van der Waals surface area contributed by atoms with Crippen LogP contribution >= 0.6 is 0 Å². The van der Waals surface area contributed by atoms with E-state index in [1.165, 1.54) is 19.1 Å². The molecular formula is C15H19NO8. The van der Waals surface area contributed by atoms with Gasteiger partial charge in [-0.1, -0.05) is 12.1 Å². The lowest BCUT2D eigenvalue weighted by molar-refractivity contribution is -0.252. The van der Waals surface area contributed by atoms with Crippen LogP contribution < -0.4 is 10.1 Å². The Bertz CT molecular complexity index is 607. The molecule has 9 heteroatoms. The van der Waals surface area contributed by atoms with Gasteiger partial charge >= 0.3 is 5.97 Å². The Morgan fingerprint density at radius 3 is 2.50 bits per heavy atom. The van der Waals surface area contributed by atoms with E-state index in [0.717, 1.165) is 0 Å². The van der Waals surface area contributed by atoms with Gasteiger partial charge in [0.05, 0.1) is 12.2 Å². The summed E-state index contributed by atoms with van der Waals surface area (Å²) in [5.41, 5.74) is 0.00544. The molecule has 0 radical (unpaired) electrons. The molecule has 1 aliphatic heterocycles. The monoisotopic (exact) mass is 341 g/mol. The number of aliphatic hydroxyl groups is 4. The third-order valence-electron chi connectivity index (χ3n) is 3.58. The lowest BCUT2D eigenvalue weighted by Gasteiger charge is -2.40. The van der Waals surface area contributed by atoms with Gasteiger partial charge in [-0.25, -0.2) is 0 Å². The highest BCUT2D eigenvalue weighted by molar-refractivity contribution is 5.97. The van der Waals surface area contributed by atoms with Crippen LogP contribution in [0.3, 0.4) is 0 Å². The summed E-state index contributed by atoms with van der Waals surface area (Å²) >= 11 is 0. The molecule has 1 aromatic rings. The summed E-state index contributed by atoms with van der Waals surface area (Å²) in [4.78, 5) is 23.4. The van der Waals surface area contributed by atoms with Gasteiger partial charge in [0.2, 0.25) is 0 Å². The SMILES string of the molecule is CC(=O)Oc1ccccc1C(=O)N[C@H]1[C@@H](O)[C@H](O)[C@@H](CO)O[C@H]1O. The average molecular weight is 341 g/mol. The predicted molar refractivity (Wildman–Crippen MR) is 79.0 cm³/mol. The molecule has 1 aromatic carbocycles. The maximum absolute atomic E-state index is 12.4. The molecule has 1 saturated heterocycles. The van der Waals surface area contributed by atoms with Crippen molar-refractivity contribution in [1.29, 1.82) is 0 Å². The first-order valence-corrected chi connectivity index (χ1v) is 7.24. The standard InChI is InChI=1S/C15H19NO8/c1-7(18)23-9-5-3-2-4-8(9)14(21)16-11-13(20)12(19)10(6-17)24-15(11)22/h2-5,10-13,15,17,19-20,22H,6H2,1H3,(H,16,21)/t10-,11+,12-,13-,15-/m1/s1. The zero-order valence-electron chi connectivity index (χ0n) is 12.8. The van der Waals surface area contributed by atoms with Gasteiger partial charge < -0.3 is 35.2 Å². The smallest absolute Gasteiger partial charge is 0.308 e. The number of nitrogens with one attached hydrogen (secondary N) is 1. The molecule has 0 aliphatic carbocycles. The third-order valence-corrected chi connectivity index (χ3v) is 3.58. The molecule has 0 unspecified atom stereocenters. The first kappa shape index (κ1) is 18.3. The van der Waals surface area contributed by atoms with Crippen LogP contribution in [0.1, 0.15) is 17.3 Å². The summed E-state index contributed by atoms with van der Waals surface area (Å²) in [5, 5.41) is 41.0. The number of esters is 1. The fourth-order valence-corrected chi connectivity index (χ4v) is 2.38. The third kappa shape index (κ3) is 3.89. The Hall–Kier alpha value is -2.04. The minimum absolute atomic E-state index is 0.00544. The summed E-state index contributed by atoms with van der Waals surface area (Å²) < 4.78 is 9.88. The Kier molecular flexibility index (Phi) is 5.86. The topological polar surface area (TPSA) is 146 Å². The van der Waals surface area contributed by atoms with Gasteiger partial charge in [0.25, 0.3) is 5.91 Å². The number of hydrogen-bond donors (Lipinski definition) is 5. The summed E-state index contributed by atoms with van der Waals surface area (Å²) in [6.45, 7) is 0.577. The van der Waals surface area contributed by atoms with Crippen LogP contribution in [0, 0.1) is 0 Å². The van der Waals surface area contributed by atoms with Gasteiger partial charge in [-0.15, -0.1) is 0 Å². The van der Waals surface area contributed by atoms with E-state index in [4.69, 9.17) is 14.6 Å². The number of ether oxygens (including phenoxy) is 2. The van der Waals surface area contributed by atoms with Crippen molar-refractivity contribution in [1.82, 2.24) is 5.32 Å². The number of hydrogen-bond acceptors (Lipinski definition) is 8. The molecule has 24 heavy (non-hydrogen) atoms. The van der Waals surface area contributed by atoms with Gasteiger partial charge in [-0.05, 0) is 12.1 Å². The molecule has 2 rings (SSSR count). The number of carbonyl (C=O) groups is 2. The van der Waals surface area contributed by atoms with Crippen molar-refractivity contribution < 1.29 is 39.5 Å². The normalized spacial score (nSPS) is 29.8. The second-order valence-corrected chi connectivity index (χ2v) is 5.32. The molecule has 1 aliphatic rings. The maximum atomic E-state index is 12.4. The van der Waals surface area contributed by atoms with Crippen molar-refractivity contribution in [3.8, 4) is 5.75 Å². The Morgan fingerprint density at radius 1 is 1.21 bits per heavy atom. The van der Waals surface area contributed by atoms with E-state index in [1.54, 1.807) is 12.1 Å². The zero-order chi connectivity index (χ0) is 17.9. The van der Waals surface area contributed by atoms with Gasteiger partial charge in [0, 0.05) is 6.92 Å². The van der Waals surface area contributed by atoms with E-state index < -0.39 is 49.1 Å². The fraction of sp³-hybridized carbons (Fsp3) is 0.467. The van der Waals surface area contributed by atoms with Crippen LogP contribution in [0.2, 0.25) is 0 Å². The van der Waals surface area contributed by atoms with Crippen LogP contribution in [0.5, 0.6) is 5.75 Å². The Balaban J connectivity index is 2.16. The molecule has 5 atom stereocenters. The highest BCUT2D eigenvalue weighted by atomic mass is 16.6. The number of benzene rings is 1. The number of aliphatic hydroxyl groups excluding tert-OH is 4. The Labute approximate surface area is 137 Å². The van der Waals surface area contributed by atoms with Crippen molar-refractivity contribution in [2.45, 2.75) is 37.6 Å². The average Bonchev–Trinajstić information content (AvgIpc) is 2.54. The lowest BCUT2D eigenvalue weighted by atomic mass is 9.96. The fourth-order valence-electron chi connectivity index (χ4n) is 2.38. The van der Waals surface area contributed by atoms with Crippen molar-refractivity contribution in [3.05, 3.63) is 29.8 Å². The van der Waals surface area contributed by atoms with Crippen LogP contribution in [0.15, 0.2) is 24.3 Å². The van der Waals surface area contributed by atoms with Crippen molar-refractivity contribution in [3.63, 3.8) is 0 Å². The van der Waals surface area contributed by atoms with Crippen LogP contribution in [-0.4, -0.2) is 69.6 Å². The molecule has 0 spiro atoms. The van der Waals surface area contributed by atoms with Gasteiger partial charge in [0.15, 0.2) is 6.29 Å². The predicted octanol–water partition coefficient (Wildman–Crippen LogP) is -1.86. The summed E-state index contributed by atoms with van der Waals surface area (Å²) in [6.07, 6.45) is -5.86. The van der Waals surface area contributed by atoms with E-state index in [1.807, 2.05) is 0 Å².